The minimum absolute atomic E-state index is 0.109. The van der Waals surface area contributed by atoms with E-state index < -0.39 is 0 Å². The van der Waals surface area contributed by atoms with E-state index in [1.165, 1.54) is 58.0 Å². The summed E-state index contributed by atoms with van der Waals surface area (Å²) in [6.45, 7) is 10.8. The van der Waals surface area contributed by atoms with Crippen LogP contribution in [0.4, 0.5) is 0 Å². The molecule has 1 saturated carbocycles. The number of hydrogen-bond donors (Lipinski definition) is 1. The molecule has 2 rings (SSSR count). The Balaban J connectivity index is 1.84. The van der Waals surface area contributed by atoms with Crippen molar-refractivity contribution >= 4 is 0 Å². The summed E-state index contributed by atoms with van der Waals surface area (Å²) >= 11 is 0. The summed E-state index contributed by atoms with van der Waals surface area (Å²) < 4.78 is 0. The second kappa shape index (κ2) is 5.50. The van der Waals surface area contributed by atoms with Crippen molar-refractivity contribution < 1.29 is 0 Å². The van der Waals surface area contributed by atoms with Crippen LogP contribution in [0.25, 0.3) is 0 Å². The van der Waals surface area contributed by atoms with Gasteiger partial charge in [-0.2, -0.15) is 0 Å². The van der Waals surface area contributed by atoms with E-state index in [4.69, 9.17) is 5.73 Å². The highest BCUT2D eigenvalue weighted by Crippen LogP contribution is 2.36. The third kappa shape index (κ3) is 3.48. The maximum absolute atomic E-state index is 6.64. The number of nitrogens with zero attached hydrogens (tertiary/aromatic N) is 1. The zero-order valence-corrected chi connectivity index (χ0v) is 12.7. The Morgan fingerprint density at radius 3 is 2.44 bits per heavy atom. The number of likely N-dealkylation sites (tertiary alicyclic amines) is 1. The highest BCUT2D eigenvalue weighted by Gasteiger charge is 2.35. The molecule has 2 N–H and O–H groups in total. The number of nitrogens with two attached hydrogens (primary N) is 1. The van der Waals surface area contributed by atoms with Gasteiger partial charge in [-0.25, -0.2) is 0 Å². The fraction of sp³-hybridized carbons (Fsp3) is 1.00. The molecule has 1 heterocycles. The number of rotatable bonds is 3. The minimum atomic E-state index is 0.109. The van der Waals surface area contributed by atoms with Gasteiger partial charge in [-0.05, 0) is 50.1 Å². The molecule has 2 aliphatic rings. The van der Waals surface area contributed by atoms with Crippen LogP contribution in [-0.4, -0.2) is 30.1 Å². The third-order valence-electron chi connectivity index (χ3n) is 5.58. The largest absolute Gasteiger partial charge is 0.324 e. The van der Waals surface area contributed by atoms with Gasteiger partial charge < -0.3 is 10.6 Å². The normalized spacial score (nSPS) is 37.7. The Kier molecular flexibility index (Phi) is 4.38. The summed E-state index contributed by atoms with van der Waals surface area (Å²) in [5.74, 6) is 0.828. The van der Waals surface area contributed by atoms with E-state index in [0.717, 1.165) is 12.5 Å². The molecule has 1 aliphatic heterocycles. The number of hydrogen-bond acceptors (Lipinski definition) is 2. The third-order valence-corrected chi connectivity index (χ3v) is 5.58. The first kappa shape index (κ1) is 14.3. The lowest BCUT2D eigenvalue weighted by Crippen LogP contribution is -2.54. The van der Waals surface area contributed by atoms with Crippen molar-refractivity contribution in [2.24, 2.45) is 17.1 Å². The van der Waals surface area contributed by atoms with E-state index in [9.17, 15) is 0 Å². The maximum Gasteiger partial charge on any atom is 0.0285 e. The molecule has 2 unspecified atom stereocenters. The van der Waals surface area contributed by atoms with E-state index in [-0.39, 0.29) is 5.54 Å². The van der Waals surface area contributed by atoms with Gasteiger partial charge in [0.2, 0.25) is 0 Å². The molecule has 106 valence electrons. The summed E-state index contributed by atoms with van der Waals surface area (Å²) in [6, 6.07) is 0. The van der Waals surface area contributed by atoms with E-state index in [1.54, 1.807) is 0 Å². The fourth-order valence-corrected chi connectivity index (χ4v) is 3.89. The van der Waals surface area contributed by atoms with Crippen LogP contribution < -0.4 is 5.73 Å². The van der Waals surface area contributed by atoms with Gasteiger partial charge in [-0.3, -0.25) is 0 Å². The van der Waals surface area contributed by atoms with Crippen molar-refractivity contribution in [2.45, 2.75) is 71.3 Å². The predicted octanol–water partition coefficient (Wildman–Crippen LogP) is 3.41. The second-order valence-electron chi connectivity index (χ2n) is 7.50. The van der Waals surface area contributed by atoms with Gasteiger partial charge in [0.1, 0.15) is 0 Å². The Morgan fingerprint density at radius 1 is 1.22 bits per heavy atom. The molecule has 0 bridgehead atoms. The average molecular weight is 252 g/mol. The first-order valence-corrected chi connectivity index (χ1v) is 7.96. The van der Waals surface area contributed by atoms with Crippen LogP contribution >= 0.6 is 0 Å². The van der Waals surface area contributed by atoms with Gasteiger partial charge in [0, 0.05) is 12.1 Å². The molecule has 2 nitrogen and oxygen atoms in total. The SMILES string of the molecule is CCC1(C)CCN(CC2(N)CCCC(C)C2)CC1. The molecule has 0 radical (unpaired) electrons. The first-order valence-electron chi connectivity index (χ1n) is 7.96. The van der Waals surface area contributed by atoms with Crippen molar-refractivity contribution in [3.05, 3.63) is 0 Å². The van der Waals surface area contributed by atoms with Crippen molar-refractivity contribution in [2.75, 3.05) is 19.6 Å². The molecule has 0 spiro atoms. The van der Waals surface area contributed by atoms with Crippen LogP contribution in [0.3, 0.4) is 0 Å². The fourth-order valence-electron chi connectivity index (χ4n) is 3.89. The molecule has 0 aromatic rings. The van der Waals surface area contributed by atoms with Crippen molar-refractivity contribution in [3.63, 3.8) is 0 Å². The monoisotopic (exact) mass is 252 g/mol. The molecule has 2 heteroatoms. The molecule has 2 fully saturated rings. The Morgan fingerprint density at radius 2 is 1.89 bits per heavy atom. The summed E-state index contributed by atoms with van der Waals surface area (Å²) in [5.41, 5.74) is 7.34. The van der Waals surface area contributed by atoms with Gasteiger partial charge in [-0.1, -0.05) is 40.0 Å². The van der Waals surface area contributed by atoms with Crippen molar-refractivity contribution in [3.8, 4) is 0 Å². The van der Waals surface area contributed by atoms with E-state index >= 15 is 0 Å². The van der Waals surface area contributed by atoms with Crippen LogP contribution in [0.5, 0.6) is 0 Å². The van der Waals surface area contributed by atoms with Gasteiger partial charge in [0.25, 0.3) is 0 Å². The Labute approximate surface area is 113 Å². The highest BCUT2D eigenvalue weighted by atomic mass is 15.2. The molecule has 0 aromatic carbocycles. The smallest absolute Gasteiger partial charge is 0.0285 e. The van der Waals surface area contributed by atoms with Gasteiger partial charge in [-0.15, -0.1) is 0 Å². The Hall–Kier alpha value is -0.0800. The van der Waals surface area contributed by atoms with Crippen molar-refractivity contribution in [1.82, 2.24) is 4.90 Å². The topological polar surface area (TPSA) is 29.3 Å². The van der Waals surface area contributed by atoms with Gasteiger partial charge in [0.05, 0.1) is 0 Å². The lowest BCUT2D eigenvalue weighted by atomic mass is 9.75. The Bertz CT molecular complexity index is 268. The van der Waals surface area contributed by atoms with Crippen LogP contribution in [0.2, 0.25) is 0 Å². The molecule has 0 aromatic heterocycles. The first-order chi connectivity index (χ1) is 8.45. The van der Waals surface area contributed by atoms with E-state index in [1.807, 2.05) is 0 Å². The predicted molar refractivity (Wildman–Crippen MR) is 78.6 cm³/mol. The maximum atomic E-state index is 6.64. The number of piperidine rings is 1. The molecular formula is C16H32N2. The van der Waals surface area contributed by atoms with Crippen LogP contribution in [-0.2, 0) is 0 Å². The average Bonchev–Trinajstić information content (AvgIpc) is 2.32. The van der Waals surface area contributed by atoms with Crippen LogP contribution in [0.1, 0.15) is 65.7 Å². The van der Waals surface area contributed by atoms with E-state index in [2.05, 4.69) is 25.7 Å². The second-order valence-corrected chi connectivity index (χ2v) is 7.50. The lowest BCUT2D eigenvalue weighted by Gasteiger charge is -2.45. The zero-order chi connectivity index (χ0) is 13.2. The summed E-state index contributed by atoms with van der Waals surface area (Å²) in [7, 11) is 0. The standard InChI is InChI=1S/C16H32N2/c1-4-15(3)8-10-18(11-9-15)13-16(17)7-5-6-14(2)12-16/h14H,4-13,17H2,1-3H3. The molecule has 2 atom stereocenters. The van der Waals surface area contributed by atoms with Crippen LogP contribution in [0.15, 0.2) is 0 Å². The molecule has 18 heavy (non-hydrogen) atoms. The minimum Gasteiger partial charge on any atom is -0.324 e. The molecule has 1 saturated heterocycles. The van der Waals surface area contributed by atoms with Crippen LogP contribution in [0, 0.1) is 11.3 Å². The molecular weight excluding hydrogens is 220 g/mol. The molecule has 1 aliphatic carbocycles. The van der Waals surface area contributed by atoms with E-state index in [0.29, 0.717) is 5.41 Å². The summed E-state index contributed by atoms with van der Waals surface area (Å²) in [5, 5.41) is 0. The molecule has 0 amide bonds. The quantitative estimate of drug-likeness (QED) is 0.834. The van der Waals surface area contributed by atoms with Gasteiger partial charge in [0.15, 0.2) is 0 Å². The lowest BCUT2D eigenvalue weighted by molar-refractivity contribution is 0.0787. The highest BCUT2D eigenvalue weighted by molar-refractivity contribution is 4.94. The van der Waals surface area contributed by atoms with Crippen molar-refractivity contribution in [1.29, 1.82) is 0 Å². The summed E-state index contributed by atoms with van der Waals surface area (Å²) in [6.07, 6.45) is 9.22. The zero-order valence-electron chi connectivity index (χ0n) is 12.7. The van der Waals surface area contributed by atoms with Gasteiger partial charge >= 0.3 is 0 Å². The summed E-state index contributed by atoms with van der Waals surface area (Å²) in [4.78, 5) is 2.63.